The lowest BCUT2D eigenvalue weighted by Gasteiger charge is -2.08. The summed E-state index contributed by atoms with van der Waals surface area (Å²) in [5.74, 6) is 1.01. The van der Waals surface area contributed by atoms with Crippen molar-refractivity contribution in [1.82, 2.24) is 5.32 Å². The van der Waals surface area contributed by atoms with E-state index in [2.05, 4.69) is 52.8 Å². The Labute approximate surface area is 108 Å². The number of amidine groups is 1. The minimum Gasteiger partial charge on any atom is -0.377 e. The summed E-state index contributed by atoms with van der Waals surface area (Å²) in [6.45, 7) is 0. The van der Waals surface area contributed by atoms with Gasteiger partial charge in [-0.05, 0) is 16.3 Å². The van der Waals surface area contributed by atoms with Gasteiger partial charge in [0.05, 0.1) is 0 Å². The van der Waals surface area contributed by atoms with E-state index in [0.29, 0.717) is 0 Å². The maximum Gasteiger partial charge on any atom is 0.100 e. The summed E-state index contributed by atoms with van der Waals surface area (Å²) < 4.78 is 0. The highest BCUT2D eigenvalue weighted by atomic mass is 35.5. The standard InChI is InChI=1S/C14H16N2.ClH/c1-15-14(16-2)10-12-8-5-7-11-6-3-4-9-13(11)12;/h3-9H,10H2,1-2H3,(H,15,16);1H. The van der Waals surface area contributed by atoms with Crippen LogP contribution in [0, 0.1) is 0 Å². The summed E-state index contributed by atoms with van der Waals surface area (Å²) in [6, 6.07) is 14.8. The molecule has 0 aliphatic rings. The zero-order chi connectivity index (χ0) is 11.4. The summed E-state index contributed by atoms with van der Waals surface area (Å²) in [5.41, 5.74) is 1.31. The SMILES string of the molecule is CN=C(Cc1cccc2ccccc12)NC.Cl. The summed E-state index contributed by atoms with van der Waals surface area (Å²) in [5, 5.41) is 5.71. The molecule has 0 aliphatic carbocycles. The predicted molar refractivity (Wildman–Crippen MR) is 77.3 cm³/mol. The van der Waals surface area contributed by atoms with Gasteiger partial charge >= 0.3 is 0 Å². The third kappa shape index (κ3) is 2.98. The van der Waals surface area contributed by atoms with Crippen LogP contribution in [0.5, 0.6) is 0 Å². The van der Waals surface area contributed by atoms with Crippen LogP contribution in [-0.2, 0) is 6.42 Å². The maximum atomic E-state index is 4.21. The van der Waals surface area contributed by atoms with Gasteiger partial charge in [0.1, 0.15) is 5.84 Å². The monoisotopic (exact) mass is 248 g/mol. The van der Waals surface area contributed by atoms with Crippen LogP contribution < -0.4 is 5.32 Å². The molecule has 1 N–H and O–H groups in total. The van der Waals surface area contributed by atoms with Gasteiger partial charge in [-0.25, -0.2) is 0 Å². The topological polar surface area (TPSA) is 24.4 Å². The Kier molecular flexibility index (Phi) is 4.98. The summed E-state index contributed by atoms with van der Waals surface area (Å²) >= 11 is 0. The highest BCUT2D eigenvalue weighted by molar-refractivity contribution is 5.92. The van der Waals surface area contributed by atoms with Gasteiger partial charge in [0.15, 0.2) is 0 Å². The third-order valence-electron chi connectivity index (χ3n) is 2.80. The fourth-order valence-electron chi connectivity index (χ4n) is 1.91. The molecule has 0 fully saturated rings. The van der Waals surface area contributed by atoms with Crippen LogP contribution in [-0.4, -0.2) is 19.9 Å². The number of halogens is 1. The second-order valence-corrected chi connectivity index (χ2v) is 3.74. The number of aliphatic imine (C=N–C) groups is 1. The van der Waals surface area contributed by atoms with Crippen LogP contribution in [0.25, 0.3) is 10.8 Å². The van der Waals surface area contributed by atoms with E-state index in [1.165, 1.54) is 16.3 Å². The zero-order valence-electron chi connectivity index (χ0n) is 10.1. The first-order chi connectivity index (χ1) is 7.85. The van der Waals surface area contributed by atoms with Gasteiger partial charge in [0, 0.05) is 20.5 Å². The van der Waals surface area contributed by atoms with Crippen molar-refractivity contribution in [1.29, 1.82) is 0 Å². The van der Waals surface area contributed by atoms with Crippen molar-refractivity contribution in [3.05, 3.63) is 48.0 Å². The predicted octanol–water partition coefficient (Wildman–Crippen LogP) is 3.05. The first-order valence-electron chi connectivity index (χ1n) is 5.45. The summed E-state index contributed by atoms with van der Waals surface area (Å²) in [6.07, 6.45) is 0.856. The van der Waals surface area contributed by atoms with Crippen molar-refractivity contribution >= 4 is 29.0 Å². The fourth-order valence-corrected chi connectivity index (χ4v) is 1.91. The molecule has 17 heavy (non-hydrogen) atoms. The molecule has 0 aromatic heterocycles. The van der Waals surface area contributed by atoms with Gasteiger partial charge < -0.3 is 5.32 Å². The number of fused-ring (bicyclic) bond motifs is 1. The van der Waals surface area contributed by atoms with Crippen LogP contribution >= 0.6 is 12.4 Å². The lowest BCUT2D eigenvalue weighted by molar-refractivity contribution is 1.09. The van der Waals surface area contributed by atoms with Crippen LogP contribution in [0.3, 0.4) is 0 Å². The van der Waals surface area contributed by atoms with Crippen LogP contribution in [0.2, 0.25) is 0 Å². The Hall–Kier alpha value is -1.54. The number of nitrogens with zero attached hydrogens (tertiary/aromatic N) is 1. The number of rotatable bonds is 2. The van der Waals surface area contributed by atoms with E-state index in [4.69, 9.17) is 0 Å². The number of likely N-dealkylation sites (N-methyl/N-ethyl adjacent to an activating group) is 1. The van der Waals surface area contributed by atoms with Gasteiger partial charge in [-0.1, -0.05) is 42.5 Å². The molecule has 0 saturated heterocycles. The van der Waals surface area contributed by atoms with Crippen molar-refractivity contribution in [3.8, 4) is 0 Å². The third-order valence-corrected chi connectivity index (χ3v) is 2.80. The number of hydrogen-bond donors (Lipinski definition) is 1. The second-order valence-electron chi connectivity index (χ2n) is 3.74. The Morgan fingerprint density at radius 1 is 1.12 bits per heavy atom. The summed E-state index contributed by atoms with van der Waals surface area (Å²) in [7, 11) is 3.73. The van der Waals surface area contributed by atoms with E-state index in [-0.39, 0.29) is 12.4 Å². The maximum absolute atomic E-state index is 4.21. The van der Waals surface area contributed by atoms with E-state index in [1.807, 2.05) is 14.1 Å². The Balaban J connectivity index is 0.00000144. The molecule has 0 unspecified atom stereocenters. The Morgan fingerprint density at radius 2 is 1.82 bits per heavy atom. The fraction of sp³-hybridized carbons (Fsp3) is 0.214. The normalized spacial score (nSPS) is 11.1. The summed E-state index contributed by atoms with van der Waals surface area (Å²) in [4.78, 5) is 4.21. The molecule has 0 radical (unpaired) electrons. The van der Waals surface area contributed by atoms with Crippen LogP contribution in [0.1, 0.15) is 5.56 Å². The van der Waals surface area contributed by atoms with E-state index >= 15 is 0 Å². The van der Waals surface area contributed by atoms with Crippen molar-refractivity contribution < 1.29 is 0 Å². The van der Waals surface area contributed by atoms with Crippen molar-refractivity contribution in [2.75, 3.05) is 14.1 Å². The minimum absolute atomic E-state index is 0. The van der Waals surface area contributed by atoms with Gasteiger partial charge in [-0.3, -0.25) is 4.99 Å². The van der Waals surface area contributed by atoms with Crippen molar-refractivity contribution in [2.24, 2.45) is 4.99 Å². The molecule has 0 aliphatic heterocycles. The molecule has 3 heteroatoms. The highest BCUT2D eigenvalue weighted by Gasteiger charge is 2.02. The van der Waals surface area contributed by atoms with Gasteiger partial charge in [-0.2, -0.15) is 0 Å². The smallest absolute Gasteiger partial charge is 0.100 e. The Morgan fingerprint density at radius 3 is 2.53 bits per heavy atom. The van der Waals surface area contributed by atoms with E-state index < -0.39 is 0 Å². The molecule has 0 heterocycles. The minimum atomic E-state index is 0. The number of hydrogen-bond acceptors (Lipinski definition) is 1. The first-order valence-corrected chi connectivity index (χ1v) is 5.45. The van der Waals surface area contributed by atoms with Crippen LogP contribution in [0.15, 0.2) is 47.5 Å². The highest BCUT2D eigenvalue weighted by Crippen LogP contribution is 2.18. The largest absolute Gasteiger partial charge is 0.377 e. The molecule has 2 aromatic rings. The van der Waals surface area contributed by atoms with Gasteiger partial charge in [-0.15, -0.1) is 12.4 Å². The molecule has 0 atom stereocenters. The van der Waals surface area contributed by atoms with Crippen molar-refractivity contribution in [2.45, 2.75) is 6.42 Å². The number of benzene rings is 2. The molecule has 0 saturated carbocycles. The molecular formula is C14H17ClN2. The van der Waals surface area contributed by atoms with E-state index in [1.54, 1.807) is 0 Å². The van der Waals surface area contributed by atoms with E-state index in [0.717, 1.165) is 12.3 Å². The van der Waals surface area contributed by atoms with Crippen LogP contribution in [0.4, 0.5) is 0 Å². The molecule has 2 aromatic carbocycles. The number of nitrogens with one attached hydrogen (secondary N) is 1. The molecule has 90 valence electrons. The van der Waals surface area contributed by atoms with Gasteiger partial charge in [0.25, 0.3) is 0 Å². The molecule has 0 amide bonds. The second kappa shape index (κ2) is 6.26. The molecule has 2 rings (SSSR count). The lowest BCUT2D eigenvalue weighted by atomic mass is 10.0. The first kappa shape index (κ1) is 13.5. The van der Waals surface area contributed by atoms with Crippen molar-refractivity contribution in [3.63, 3.8) is 0 Å². The Bertz CT molecular complexity index is 515. The molecule has 2 nitrogen and oxygen atoms in total. The average Bonchev–Trinajstić information content (AvgIpc) is 2.36. The van der Waals surface area contributed by atoms with E-state index in [9.17, 15) is 0 Å². The van der Waals surface area contributed by atoms with Gasteiger partial charge in [0.2, 0.25) is 0 Å². The molecule has 0 spiro atoms. The molecular weight excluding hydrogens is 232 g/mol. The molecule has 0 bridgehead atoms. The quantitative estimate of drug-likeness (QED) is 0.641. The zero-order valence-corrected chi connectivity index (χ0v) is 10.9. The average molecular weight is 249 g/mol. The lowest BCUT2D eigenvalue weighted by Crippen LogP contribution is -2.20.